The summed E-state index contributed by atoms with van der Waals surface area (Å²) < 4.78 is 20.3. The van der Waals surface area contributed by atoms with Crippen LogP contribution < -0.4 is 15.2 Å². The Balaban J connectivity index is 1.52. The summed E-state index contributed by atoms with van der Waals surface area (Å²) in [6, 6.07) is 7.53. The van der Waals surface area contributed by atoms with Gasteiger partial charge in [-0.1, -0.05) is 0 Å². The number of benzene rings is 1. The van der Waals surface area contributed by atoms with Crippen LogP contribution in [0.3, 0.4) is 0 Å². The quantitative estimate of drug-likeness (QED) is 0.711. The van der Waals surface area contributed by atoms with Gasteiger partial charge < -0.3 is 9.64 Å². The molecule has 3 heterocycles. The molecule has 1 fully saturated rings. The van der Waals surface area contributed by atoms with Gasteiger partial charge in [0.2, 0.25) is 0 Å². The van der Waals surface area contributed by atoms with Gasteiger partial charge in [0.15, 0.2) is 11.5 Å². The molecule has 0 bridgehead atoms. The van der Waals surface area contributed by atoms with E-state index in [1.165, 1.54) is 28.9 Å². The number of aromatic nitrogens is 3. The van der Waals surface area contributed by atoms with Crippen LogP contribution in [0.2, 0.25) is 0 Å². The zero-order chi connectivity index (χ0) is 19.0. The second-order valence-corrected chi connectivity index (χ2v) is 6.85. The first-order valence-electron chi connectivity index (χ1n) is 9.05. The third-order valence-corrected chi connectivity index (χ3v) is 5.11. The maximum Gasteiger partial charge on any atom is 0.274 e. The molecule has 3 aromatic rings. The lowest BCUT2D eigenvalue weighted by atomic mass is 10.1. The number of hydrogen-bond donors (Lipinski definition) is 0. The van der Waals surface area contributed by atoms with Gasteiger partial charge in [-0.05, 0) is 38.1 Å². The predicted octanol–water partition coefficient (Wildman–Crippen LogP) is 2.89. The minimum Gasteiger partial charge on any atom is -0.490 e. The number of hydrogen-bond acceptors (Lipinski definition) is 5. The molecule has 1 aliphatic rings. The highest BCUT2D eigenvalue weighted by molar-refractivity contribution is 5.59. The van der Waals surface area contributed by atoms with E-state index >= 15 is 0 Å². The van der Waals surface area contributed by atoms with Crippen molar-refractivity contribution >= 4 is 11.5 Å². The molecular formula is C20H21FN4O2. The Hall–Kier alpha value is -2.96. The molecule has 2 aromatic heterocycles. The molecule has 1 aromatic carbocycles. The van der Waals surface area contributed by atoms with Gasteiger partial charge in [0.05, 0.1) is 0 Å². The molecule has 0 amide bonds. The number of rotatable bonds is 3. The second-order valence-electron chi connectivity index (χ2n) is 6.85. The minimum absolute atomic E-state index is 0.0814. The van der Waals surface area contributed by atoms with E-state index in [1.54, 1.807) is 12.1 Å². The van der Waals surface area contributed by atoms with Crippen molar-refractivity contribution in [2.24, 2.45) is 0 Å². The Morgan fingerprint density at radius 3 is 2.48 bits per heavy atom. The van der Waals surface area contributed by atoms with Crippen molar-refractivity contribution in [2.45, 2.75) is 32.8 Å². The Morgan fingerprint density at radius 1 is 1.07 bits per heavy atom. The fourth-order valence-corrected chi connectivity index (χ4v) is 3.45. The highest BCUT2D eigenvalue weighted by atomic mass is 19.1. The van der Waals surface area contributed by atoms with Crippen LogP contribution in [0, 0.1) is 19.7 Å². The van der Waals surface area contributed by atoms with Crippen molar-refractivity contribution in [3.8, 4) is 5.75 Å². The van der Waals surface area contributed by atoms with Crippen molar-refractivity contribution in [1.82, 2.24) is 14.6 Å². The summed E-state index contributed by atoms with van der Waals surface area (Å²) in [6.07, 6.45) is 3.26. The Labute approximate surface area is 156 Å². The van der Waals surface area contributed by atoms with Crippen LogP contribution in [0.1, 0.15) is 24.0 Å². The van der Waals surface area contributed by atoms with Crippen LogP contribution in [0.5, 0.6) is 5.75 Å². The molecule has 27 heavy (non-hydrogen) atoms. The van der Waals surface area contributed by atoms with Gasteiger partial charge in [-0.2, -0.15) is 4.52 Å². The molecule has 140 valence electrons. The van der Waals surface area contributed by atoms with Gasteiger partial charge in [0.25, 0.3) is 5.56 Å². The van der Waals surface area contributed by atoms with Crippen LogP contribution >= 0.6 is 0 Å². The predicted molar refractivity (Wildman–Crippen MR) is 101 cm³/mol. The molecule has 0 atom stereocenters. The summed E-state index contributed by atoms with van der Waals surface area (Å²) in [5, 5.41) is 4.56. The third-order valence-electron chi connectivity index (χ3n) is 5.11. The first-order chi connectivity index (χ1) is 13.0. The lowest BCUT2D eigenvalue weighted by molar-refractivity contribution is 0.170. The number of ether oxygens (including phenoxy) is 1. The van der Waals surface area contributed by atoms with Gasteiger partial charge >= 0.3 is 0 Å². The summed E-state index contributed by atoms with van der Waals surface area (Å²) in [4.78, 5) is 18.6. The first kappa shape index (κ1) is 17.5. The van der Waals surface area contributed by atoms with E-state index in [0.717, 1.165) is 42.9 Å². The van der Waals surface area contributed by atoms with Gasteiger partial charge in [0.1, 0.15) is 17.7 Å². The van der Waals surface area contributed by atoms with Crippen LogP contribution in [-0.2, 0) is 0 Å². The number of halogens is 1. The SMILES string of the molecule is Cc1c(N2CCC(Oc3ccc(F)cc3)CC2)nn2c(=O)ccnc2c1C. The minimum atomic E-state index is -0.268. The first-order valence-corrected chi connectivity index (χ1v) is 9.05. The summed E-state index contributed by atoms with van der Waals surface area (Å²) in [5.41, 5.74) is 2.41. The van der Waals surface area contributed by atoms with Gasteiger partial charge in [-0.3, -0.25) is 4.79 Å². The summed E-state index contributed by atoms with van der Waals surface area (Å²) in [7, 11) is 0. The molecule has 1 saturated heterocycles. The molecule has 7 heteroatoms. The largest absolute Gasteiger partial charge is 0.490 e. The van der Waals surface area contributed by atoms with Crippen molar-refractivity contribution in [3.05, 3.63) is 63.8 Å². The zero-order valence-corrected chi connectivity index (χ0v) is 15.4. The lowest BCUT2D eigenvalue weighted by Gasteiger charge is -2.34. The molecule has 0 aliphatic carbocycles. The third kappa shape index (κ3) is 3.37. The van der Waals surface area contributed by atoms with Crippen molar-refractivity contribution in [2.75, 3.05) is 18.0 Å². The average molecular weight is 368 g/mol. The molecule has 6 nitrogen and oxygen atoms in total. The molecule has 0 saturated carbocycles. The zero-order valence-electron chi connectivity index (χ0n) is 15.4. The van der Waals surface area contributed by atoms with E-state index in [2.05, 4.69) is 15.0 Å². The lowest BCUT2D eigenvalue weighted by Crippen LogP contribution is -2.39. The topological polar surface area (TPSA) is 59.7 Å². The molecule has 0 radical (unpaired) electrons. The molecule has 1 aliphatic heterocycles. The van der Waals surface area contributed by atoms with E-state index in [-0.39, 0.29) is 17.5 Å². The van der Waals surface area contributed by atoms with Crippen molar-refractivity contribution in [1.29, 1.82) is 0 Å². The Morgan fingerprint density at radius 2 is 1.78 bits per heavy atom. The standard InChI is InChI=1S/C20H21FN4O2/c1-13-14(2)20(23-25-18(26)7-10-22-19(13)25)24-11-8-17(9-12-24)27-16-5-3-15(21)4-6-16/h3-7,10,17H,8-9,11-12H2,1-2H3. The van der Waals surface area contributed by atoms with Gasteiger partial charge in [0, 0.05) is 49.3 Å². The van der Waals surface area contributed by atoms with E-state index < -0.39 is 0 Å². The van der Waals surface area contributed by atoms with E-state index in [0.29, 0.717) is 11.4 Å². The van der Waals surface area contributed by atoms with Crippen LogP contribution in [0.15, 0.2) is 41.3 Å². The Kier molecular flexibility index (Phi) is 4.51. The summed E-state index contributed by atoms with van der Waals surface area (Å²) in [6.45, 7) is 5.53. The molecule has 0 spiro atoms. The van der Waals surface area contributed by atoms with E-state index in [1.807, 2.05) is 13.8 Å². The maximum atomic E-state index is 13.0. The van der Waals surface area contributed by atoms with Crippen molar-refractivity contribution < 1.29 is 9.13 Å². The molecule has 0 N–H and O–H groups in total. The van der Waals surface area contributed by atoms with Crippen LogP contribution in [0.4, 0.5) is 10.2 Å². The van der Waals surface area contributed by atoms with Gasteiger partial charge in [-0.15, -0.1) is 5.10 Å². The van der Waals surface area contributed by atoms with E-state index in [4.69, 9.17) is 4.74 Å². The fraction of sp³-hybridized carbons (Fsp3) is 0.350. The number of nitrogens with zero attached hydrogens (tertiary/aromatic N) is 4. The highest BCUT2D eigenvalue weighted by Crippen LogP contribution is 2.26. The number of anilines is 1. The summed E-state index contributed by atoms with van der Waals surface area (Å²) in [5.74, 6) is 1.23. The second kappa shape index (κ2) is 6.98. The highest BCUT2D eigenvalue weighted by Gasteiger charge is 2.24. The van der Waals surface area contributed by atoms with Crippen LogP contribution in [-0.4, -0.2) is 33.8 Å². The molecule has 0 unspecified atom stereocenters. The number of aryl methyl sites for hydroxylation is 1. The Bertz CT molecular complexity index is 1020. The average Bonchev–Trinajstić information content (AvgIpc) is 2.68. The normalized spacial score (nSPS) is 15.3. The monoisotopic (exact) mass is 368 g/mol. The summed E-state index contributed by atoms with van der Waals surface area (Å²) >= 11 is 0. The smallest absolute Gasteiger partial charge is 0.274 e. The number of fused-ring (bicyclic) bond motifs is 1. The van der Waals surface area contributed by atoms with Crippen molar-refractivity contribution in [3.63, 3.8) is 0 Å². The number of piperidine rings is 1. The fourth-order valence-electron chi connectivity index (χ4n) is 3.45. The van der Waals surface area contributed by atoms with Crippen LogP contribution in [0.25, 0.3) is 5.65 Å². The maximum absolute atomic E-state index is 13.0. The van der Waals surface area contributed by atoms with Gasteiger partial charge in [-0.25, -0.2) is 9.37 Å². The molecular weight excluding hydrogens is 347 g/mol. The van der Waals surface area contributed by atoms with E-state index in [9.17, 15) is 9.18 Å². The molecule has 4 rings (SSSR count).